The molecular weight excluding hydrogens is 264 g/mol. The van der Waals surface area contributed by atoms with Crippen molar-refractivity contribution in [3.63, 3.8) is 0 Å². The van der Waals surface area contributed by atoms with Crippen LogP contribution in [0.4, 0.5) is 0 Å². The highest BCUT2D eigenvalue weighted by Gasteiger charge is 2.41. The van der Waals surface area contributed by atoms with Crippen LogP contribution < -0.4 is 0 Å². The van der Waals surface area contributed by atoms with Crippen LogP contribution in [0.5, 0.6) is 0 Å². The monoisotopic (exact) mass is 290 g/mol. The first-order chi connectivity index (χ1) is 10.1. The molecule has 4 nitrogen and oxygen atoms in total. The summed E-state index contributed by atoms with van der Waals surface area (Å²) in [5.41, 5.74) is 0.908. The predicted molar refractivity (Wildman–Crippen MR) is 81.1 cm³/mol. The average Bonchev–Trinajstić information content (AvgIpc) is 3.11. The number of ketones is 1. The number of carbonyl (C=O) groups excluding carboxylic acids is 1. The lowest BCUT2D eigenvalue weighted by Crippen LogP contribution is -2.28. The maximum atomic E-state index is 12.6. The van der Waals surface area contributed by atoms with Crippen LogP contribution in [0.1, 0.15) is 58.2 Å². The quantitative estimate of drug-likeness (QED) is 0.855. The number of Topliss-reactive ketones (excluding diaryl/α,β-unsaturated/α-hetero) is 1. The summed E-state index contributed by atoms with van der Waals surface area (Å²) in [6, 6.07) is 2.55. The summed E-state index contributed by atoms with van der Waals surface area (Å²) in [4.78, 5) is 12.6. The summed E-state index contributed by atoms with van der Waals surface area (Å²) in [6.45, 7) is 6.19. The number of nitrogens with zero attached hydrogens (tertiary/aromatic N) is 2. The zero-order chi connectivity index (χ0) is 15.0. The van der Waals surface area contributed by atoms with Gasteiger partial charge in [-0.1, -0.05) is 19.8 Å². The van der Waals surface area contributed by atoms with Crippen LogP contribution >= 0.6 is 0 Å². The van der Waals surface area contributed by atoms with E-state index in [1.165, 1.54) is 25.7 Å². The highest BCUT2D eigenvalue weighted by atomic mass is 16.5. The molecule has 0 aromatic carbocycles. The Morgan fingerprint density at radius 3 is 2.62 bits per heavy atom. The highest BCUT2D eigenvalue weighted by Crippen LogP contribution is 2.33. The molecule has 1 aromatic rings. The fourth-order valence-electron chi connectivity index (χ4n) is 3.96. The van der Waals surface area contributed by atoms with Crippen LogP contribution in [0, 0.1) is 11.8 Å². The maximum absolute atomic E-state index is 12.6. The van der Waals surface area contributed by atoms with Crippen molar-refractivity contribution in [3.8, 4) is 0 Å². The van der Waals surface area contributed by atoms with Crippen molar-refractivity contribution in [1.29, 1.82) is 0 Å². The Kier molecular flexibility index (Phi) is 4.16. The first-order valence-electron chi connectivity index (χ1n) is 8.28. The molecule has 2 fully saturated rings. The molecule has 2 aliphatic rings. The van der Waals surface area contributed by atoms with Crippen molar-refractivity contribution >= 4 is 5.78 Å². The Balaban J connectivity index is 1.65. The van der Waals surface area contributed by atoms with Crippen molar-refractivity contribution in [2.24, 2.45) is 11.8 Å². The van der Waals surface area contributed by atoms with Crippen LogP contribution in [0.2, 0.25) is 0 Å². The Hall–Kier alpha value is -1.16. The molecule has 4 unspecified atom stereocenters. The van der Waals surface area contributed by atoms with Crippen LogP contribution in [-0.4, -0.2) is 27.8 Å². The lowest BCUT2D eigenvalue weighted by molar-refractivity contribution is -0.124. The van der Waals surface area contributed by atoms with E-state index in [-0.39, 0.29) is 23.9 Å². The molecule has 2 heterocycles. The Bertz CT molecular complexity index is 505. The molecule has 0 amide bonds. The number of hydrogen-bond donors (Lipinski definition) is 0. The van der Waals surface area contributed by atoms with E-state index < -0.39 is 0 Å². The van der Waals surface area contributed by atoms with Crippen molar-refractivity contribution in [3.05, 3.63) is 18.0 Å². The van der Waals surface area contributed by atoms with Gasteiger partial charge in [0.25, 0.3) is 0 Å². The number of rotatable bonds is 4. The minimum atomic E-state index is 0.0108. The van der Waals surface area contributed by atoms with Crippen LogP contribution in [0.15, 0.2) is 12.3 Å². The average molecular weight is 290 g/mol. The van der Waals surface area contributed by atoms with Crippen LogP contribution in [-0.2, 0) is 16.0 Å². The smallest absolute Gasteiger partial charge is 0.144 e. The summed E-state index contributed by atoms with van der Waals surface area (Å²) in [7, 11) is 0. The molecule has 116 valence electrons. The maximum Gasteiger partial charge on any atom is 0.144 e. The predicted octanol–water partition coefficient (Wildman–Crippen LogP) is 3.17. The second-order valence-electron chi connectivity index (χ2n) is 6.80. The van der Waals surface area contributed by atoms with Crippen LogP contribution in [0.25, 0.3) is 0 Å². The summed E-state index contributed by atoms with van der Waals surface area (Å²) < 4.78 is 7.85. The van der Waals surface area contributed by atoms with Crippen molar-refractivity contribution < 1.29 is 9.53 Å². The minimum Gasteiger partial charge on any atom is -0.375 e. The largest absolute Gasteiger partial charge is 0.375 e. The van der Waals surface area contributed by atoms with Gasteiger partial charge in [-0.25, -0.2) is 0 Å². The number of ether oxygens (including phenoxy) is 1. The fourth-order valence-corrected chi connectivity index (χ4v) is 3.96. The molecule has 21 heavy (non-hydrogen) atoms. The van der Waals surface area contributed by atoms with E-state index >= 15 is 0 Å². The zero-order valence-corrected chi connectivity index (χ0v) is 13.3. The molecule has 4 heteroatoms. The van der Waals surface area contributed by atoms with E-state index in [4.69, 9.17) is 4.74 Å². The molecule has 0 radical (unpaired) electrons. The Morgan fingerprint density at radius 2 is 2.00 bits per heavy atom. The third-order valence-corrected chi connectivity index (χ3v) is 5.33. The third kappa shape index (κ3) is 2.91. The molecule has 1 saturated heterocycles. The molecule has 1 saturated carbocycles. The van der Waals surface area contributed by atoms with Gasteiger partial charge in [-0.2, -0.15) is 5.10 Å². The van der Waals surface area contributed by atoms with Gasteiger partial charge in [-0.3, -0.25) is 9.48 Å². The van der Waals surface area contributed by atoms with Crippen molar-refractivity contribution in [1.82, 2.24) is 9.78 Å². The van der Waals surface area contributed by atoms with Gasteiger partial charge >= 0.3 is 0 Å². The first kappa shape index (κ1) is 14.8. The molecule has 1 aliphatic carbocycles. The molecule has 1 aromatic heterocycles. The van der Waals surface area contributed by atoms with E-state index in [0.29, 0.717) is 18.4 Å². The molecule has 0 N–H and O–H groups in total. The first-order valence-corrected chi connectivity index (χ1v) is 8.28. The topological polar surface area (TPSA) is 44.1 Å². The lowest BCUT2D eigenvalue weighted by Gasteiger charge is -2.16. The molecular formula is C17H26N2O2. The van der Waals surface area contributed by atoms with E-state index in [0.717, 1.165) is 5.69 Å². The van der Waals surface area contributed by atoms with E-state index in [9.17, 15) is 4.79 Å². The van der Waals surface area contributed by atoms with Gasteiger partial charge in [-0.15, -0.1) is 0 Å². The molecule has 0 bridgehead atoms. The number of carbonyl (C=O) groups is 1. The van der Waals surface area contributed by atoms with Crippen LogP contribution in [0.3, 0.4) is 0 Å². The lowest BCUT2D eigenvalue weighted by atomic mass is 9.84. The van der Waals surface area contributed by atoms with Gasteiger partial charge in [0, 0.05) is 12.1 Å². The van der Waals surface area contributed by atoms with E-state index in [1.54, 1.807) is 0 Å². The normalized spacial score (nSPS) is 33.7. The fraction of sp³-hybridized carbons (Fsp3) is 0.765. The standard InChI is InChI=1S/C17H26N2O2/c1-11-12(2)21-13(3)17(11)16(20)10-14-8-9-19(18-14)15-6-4-5-7-15/h8-9,11-13,15,17H,4-7,10H2,1-3H3. The Morgan fingerprint density at radius 1 is 1.29 bits per heavy atom. The molecule has 0 spiro atoms. The highest BCUT2D eigenvalue weighted by molar-refractivity contribution is 5.84. The molecule has 4 atom stereocenters. The third-order valence-electron chi connectivity index (χ3n) is 5.33. The second kappa shape index (κ2) is 5.91. The van der Waals surface area contributed by atoms with E-state index in [2.05, 4.69) is 23.6 Å². The molecule has 1 aliphatic heterocycles. The van der Waals surface area contributed by atoms with Crippen molar-refractivity contribution in [2.75, 3.05) is 0 Å². The number of aromatic nitrogens is 2. The van der Waals surface area contributed by atoms with Gasteiger partial charge in [0.05, 0.1) is 30.4 Å². The van der Waals surface area contributed by atoms with Gasteiger partial charge < -0.3 is 4.74 Å². The summed E-state index contributed by atoms with van der Waals surface area (Å²) >= 11 is 0. The SMILES string of the molecule is CC1OC(C)C(C(=O)Cc2ccn(C3CCCC3)n2)C1C. The van der Waals surface area contributed by atoms with Gasteiger partial charge in [0.1, 0.15) is 5.78 Å². The molecule has 3 rings (SSSR count). The minimum absolute atomic E-state index is 0.0108. The zero-order valence-electron chi connectivity index (χ0n) is 13.3. The summed E-state index contributed by atoms with van der Waals surface area (Å²) in [5, 5.41) is 4.63. The second-order valence-corrected chi connectivity index (χ2v) is 6.80. The van der Waals surface area contributed by atoms with Gasteiger partial charge in [0.15, 0.2) is 0 Å². The number of hydrogen-bond acceptors (Lipinski definition) is 3. The van der Waals surface area contributed by atoms with Gasteiger partial charge in [0.2, 0.25) is 0 Å². The summed E-state index contributed by atoms with van der Waals surface area (Å²) in [5.74, 6) is 0.581. The summed E-state index contributed by atoms with van der Waals surface area (Å²) in [6.07, 6.45) is 7.71. The van der Waals surface area contributed by atoms with E-state index in [1.807, 2.05) is 19.2 Å². The van der Waals surface area contributed by atoms with Crippen molar-refractivity contribution in [2.45, 2.75) is 71.1 Å². The van der Waals surface area contributed by atoms with Gasteiger partial charge in [-0.05, 0) is 38.7 Å². The Labute approximate surface area is 126 Å².